The van der Waals surface area contributed by atoms with Crippen LogP contribution in [-0.4, -0.2) is 38.5 Å². The highest BCUT2D eigenvalue weighted by molar-refractivity contribution is 5.76. The van der Waals surface area contributed by atoms with Gasteiger partial charge in [-0.25, -0.2) is 9.50 Å². The minimum atomic E-state index is 0.270. The summed E-state index contributed by atoms with van der Waals surface area (Å²) in [7, 11) is 0. The van der Waals surface area contributed by atoms with Gasteiger partial charge in [0.2, 0.25) is 5.91 Å². The summed E-state index contributed by atoms with van der Waals surface area (Å²) < 4.78 is 1.90. The van der Waals surface area contributed by atoms with E-state index in [9.17, 15) is 4.79 Å². The van der Waals surface area contributed by atoms with Crippen molar-refractivity contribution in [3.05, 3.63) is 64.6 Å². The van der Waals surface area contributed by atoms with Gasteiger partial charge in [-0.2, -0.15) is 5.10 Å². The average molecular weight is 405 g/mol. The number of likely N-dealkylation sites (tertiary alicyclic amines) is 1. The third-order valence-electron chi connectivity index (χ3n) is 6.53. The summed E-state index contributed by atoms with van der Waals surface area (Å²) in [5.41, 5.74) is 6.52. The van der Waals surface area contributed by atoms with Crippen molar-refractivity contribution in [3.63, 3.8) is 0 Å². The van der Waals surface area contributed by atoms with Crippen LogP contribution in [0.25, 0.3) is 5.65 Å². The molecular formula is C25H32N4O. The maximum absolute atomic E-state index is 12.8. The van der Waals surface area contributed by atoms with Crippen LogP contribution < -0.4 is 0 Å². The molecule has 2 aromatic heterocycles. The number of fused-ring (bicyclic) bond motifs is 1. The third-order valence-corrected chi connectivity index (χ3v) is 6.53. The number of amides is 1. The van der Waals surface area contributed by atoms with Crippen LogP contribution in [0.15, 0.2) is 36.4 Å². The van der Waals surface area contributed by atoms with Gasteiger partial charge in [0.15, 0.2) is 5.65 Å². The summed E-state index contributed by atoms with van der Waals surface area (Å²) in [6.45, 7) is 7.88. The topological polar surface area (TPSA) is 50.5 Å². The Balaban J connectivity index is 1.29. The number of hydrogen-bond acceptors (Lipinski definition) is 3. The maximum atomic E-state index is 12.8. The van der Waals surface area contributed by atoms with Gasteiger partial charge in [-0.3, -0.25) is 4.79 Å². The Morgan fingerprint density at radius 2 is 1.80 bits per heavy atom. The van der Waals surface area contributed by atoms with Crippen LogP contribution in [0.1, 0.15) is 53.9 Å². The van der Waals surface area contributed by atoms with E-state index in [4.69, 9.17) is 0 Å². The molecule has 3 heterocycles. The molecule has 1 fully saturated rings. The second-order valence-corrected chi connectivity index (χ2v) is 8.67. The van der Waals surface area contributed by atoms with Gasteiger partial charge in [0, 0.05) is 37.0 Å². The zero-order valence-electron chi connectivity index (χ0n) is 18.4. The highest BCUT2D eigenvalue weighted by atomic mass is 16.2. The Hall–Kier alpha value is -2.69. The van der Waals surface area contributed by atoms with Crippen molar-refractivity contribution in [1.82, 2.24) is 19.5 Å². The molecular weight excluding hydrogens is 372 g/mol. The zero-order chi connectivity index (χ0) is 21.1. The van der Waals surface area contributed by atoms with Crippen LogP contribution in [0.4, 0.5) is 0 Å². The van der Waals surface area contributed by atoms with Crippen molar-refractivity contribution in [2.24, 2.45) is 5.92 Å². The number of aromatic nitrogens is 3. The molecule has 1 aromatic carbocycles. The monoisotopic (exact) mass is 404 g/mol. The Labute approximate surface area is 179 Å². The van der Waals surface area contributed by atoms with E-state index in [0.717, 1.165) is 73.0 Å². The molecule has 0 bridgehead atoms. The number of hydrogen-bond donors (Lipinski definition) is 0. The van der Waals surface area contributed by atoms with Crippen LogP contribution >= 0.6 is 0 Å². The summed E-state index contributed by atoms with van der Waals surface area (Å²) in [6.07, 6.45) is 5.88. The largest absolute Gasteiger partial charge is 0.343 e. The van der Waals surface area contributed by atoms with Crippen molar-refractivity contribution in [3.8, 4) is 0 Å². The van der Waals surface area contributed by atoms with Gasteiger partial charge in [0.05, 0.1) is 5.69 Å². The van der Waals surface area contributed by atoms with E-state index in [2.05, 4.69) is 52.2 Å². The van der Waals surface area contributed by atoms with E-state index in [0.29, 0.717) is 6.42 Å². The molecule has 30 heavy (non-hydrogen) atoms. The van der Waals surface area contributed by atoms with Gasteiger partial charge in [0.25, 0.3) is 0 Å². The van der Waals surface area contributed by atoms with Crippen LogP contribution in [0.2, 0.25) is 0 Å². The summed E-state index contributed by atoms with van der Waals surface area (Å²) in [4.78, 5) is 19.6. The van der Waals surface area contributed by atoms with E-state index in [1.165, 1.54) is 12.0 Å². The number of aryl methyl sites for hydroxylation is 4. The Bertz CT molecular complexity index is 1020. The summed E-state index contributed by atoms with van der Waals surface area (Å²) in [5, 5.41) is 4.54. The normalized spacial score (nSPS) is 15.1. The molecule has 0 aliphatic carbocycles. The Kier molecular flexibility index (Phi) is 6.16. The third kappa shape index (κ3) is 4.55. The molecule has 3 aromatic rings. The fraction of sp³-hybridized carbons (Fsp3) is 0.480. The molecule has 1 aliphatic rings. The minimum Gasteiger partial charge on any atom is -0.343 e. The first kappa shape index (κ1) is 20.6. The predicted molar refractivity (Wildman–Crippen MR) is 120 cm³/mol. The van der Waals surface area contributed by atoms with Crippen molar-refractivity contribution >= 4 is 11.6 Å². The number of carbonyl (C=O) groups excluding carboxylic acids is 1. The number of piperidine rings is 1. The number of benzene rings is 1. The Morgan fingerprint density at radius 1 is 1.07 bits per heavy atom. The van der Waals surface area contributed by atoms with Crippen molar-refractivity contribution in [2.75, 3.05) is 13.1 Å². The number of carbonyl (C=O) groups is 1. The van der Waals surface area contributed by atoms with E-state index in [-0.39, 0.29) is 5.91 Å². The molecule has 0 spiro atoms. The van der Waals surface area contributed by atoms with Crippen LogP contribution in [0, 0.1) is 26.7 Å². The minimum absolute atomic E-state index is 0.270. The molecule has 0 unspecified atom stereocenters. The van der Waals surface area contributed by atoms with E-state index >= 15 is 0 Å². The van der Waals surface area contributed by atoms with Gasteiger partial charge in [0.1, 0.15) is 0 Å². The lowest BCUT2D eigenvalue weighted by Crippen LogP contribution is -2.38. The van der Waals surface area contributed by atoms with Crippen LogP contribution in [0.5, 0.6) is 0 Å². The lowest BCUT2D eigenvalue weighted by Gasteiger charge is -2.32. The molecule has 158 valence electrons. The Morgan fingerprint density at radius 3 is 2.53 bits per heavy atom. The second kappa shape index (κ2) is 8.99. The molecule has 0 N–H and O–H groups in total. The molecule has 1 amide bonds. The lowest BCUT2D eigenvalue weighted by molar-refractivity contribution is -0.132. The number of nitrogens with zero attached hydrogens (tertiary/aromatic N) is 4. The number of rotatable bonds is 6. The maximum Gasteiger partial charge on any atom is 0.222 e. The molecule has 5 heteroatoms. The second-order valence-electron chi connectivity index (χ2n) is 8.67. The zero-order valence-corrected chi connectivity index (χ0v) is 18.4. The van der Waals surface area contributed by atoms with Crippen molar-refractivity contribution < 1.29 is 4.79 Å². The molecule has 0 radical (unpaired) electrons. The first-order valence-electron chi connectivity index (χ1n) is 11.2. The molecule has 5 nitrogen and oxygen atoms in total. The highest BCUT2D eigenvalue weighted by Gasteiger charge is 2.23. The van der Waals surface area contributed by atoms with Crippen LogP contribution in [-0.2, 0) is 17.6 Å². The highest BCUT2D eigenvalue weighted by Crippen LogP contribution is 2.24. The SMILES string of the molecule is Cc1cc2nc(C)c(CCC(=O)N3CCC(CCc4ccccc4)CC3)c(C)n2n1. The lowest BCUT2D eigenvalue weighted by atomic mass is 9.90. The summed E-state index contributed by atoms with van der Waals surface area (Å²) >= 11 is 0. The van der Waals surface area contributed by atoms with Gasteiger partial charge >= 0.3 is 0 Å². The van der Waals surface area contributed by atoms with Gasteiger partial charge in [-0.1, -0.05) is 30.3 Å². The standard InChI is InChI=1S/C25H32N4O/c1-18-17-24-26-19(2)23(20(3)29(24)27-18)11-12-25(30)28-15-13-22(14-16-28)10-9-21-7-5-4-6-8-21/h4-8,17,22H,9-16H2,1-3H3. The fourth-order valence-corrected chi connectivity index (χ4v) is 4.68. The van der Waals surface area contributed by atoms with Crippen LogP contribution in [0.3, 0.4) is 0 Å². The first-order valence-corrected chi connectivity index (χ1v) is 11.2. The fourth-order valence-electron chi connectivity index (χ4n) is 4.68. The first-order chi connectivity index (χ1) is 14.5. The smallest absolute Gasteiger partial charge is 0.222 e. The van der Waals surface area contributed by atoms with E-state index < -0.39 is 0 Å². The van der Waals surface area contributed by atoms with Gasteiger partial charge < -0.3 is 4.90 Å². The van der Waals surface area contributed by atoms with Gasteiger partial charge in [-0.05, 0) is 69.9 Å². The van der Waals surface area contributed by atoms with Crippen molar-refractivity contribution in [2.45, 2.75) is 59.3 Å². The molecule has 4 rings (SSSR count). The average Bonchev–Trinajstić information content (AvgIpc) is 3.13. The molecule has 1 aliphatic heterocycles. The molecule has 1 saturated heterocycles. The van der Waals surface area contributed by atoms with Crippen molar-refractivity contribution in [1.29, 1.82) is 0 Å². The molecule has 0 saturated carbocycles. The predicted octanol–water partition coefficient (Wildman–Crippen LogP) is 4.46. The summed E-state index contributed by atoms with van der Waals surface area (Å²) in [5.74, 6) is 1.00. The molecule has 0 atom stereocenters. The van der Waals surface area contributed by atoms with Gasteiger partial charge in [-0.15, -0.1) is 0 Å². The summed E-state index contributed by atoms with van der Waals surface area (Å²) in [6, 6.07) is 12.7. The van der Waals surface area contributed by atoms with E-state index in [1.807, 2.05) is 24.4 Å². The quantitative estimate of drug-likeness (QED) is 0.609. The van der Waals surface area contributed by atoms with E-state index in [1.54, 1.807) is 0 Å².